The number of benzene rings is 1. The lowest BCUT2D eigenvalue weighted by Gasteiger charge is -2.31. The van der Waals surface area contributed by atoms with Crippen molar-refractivity contribution in [3.05, 3.63) is 66.6 Å². The van der Waals surface area contributed by atoms with E-state index in [9.17, 15) is 0 Å². The third kappa shape index (κ3) is 5.15. The Hall–Kier alpha value is -2.86. The average molecular weight is 407 g/mol. The van der Waals surface area contributed by atoms with Gasteiger partial charge in [-0.05, 0) is 55.2 Å². The summed E-state index contributed by atoms with van der Waals surface area (Å²) in [5, 5.41) is 6.92. The summed E-state index contributed by atoms with van der Waals surface area (Å²) >= 11 is 5.41. The van der Waals surface area contributed by atoms with E-state index in [2.05, 4.69) is 33.5 Å². The molecule has 1 saturated heterocycles. The van der Waals surface area contributed by atoms with Gasteiger partial charge in [0.05, 0.1) is 18.4 Å². The largest absolute Gasteiger partial charge is 0.459 e. The van der Waals surface area contributed by atoms with Gasteiger partial charge in [-0.1, -0.05) is 37.3 Å². The fraction of sp³-hybridized carbons (Fsp3) is 0.304. The van der Waals surface area contributed by atoms with Gasteiger partial charge in [-0.3, -0.25) is 0 Å². The van der Waals surface area contributed by atoms with E-state index in [4.69, 9.17) is 16.6 Å². The van der Waals surface area contributed by atoms with Crippen molar-refractivity contribution in [3.63, 3.8) is 0 Å². The molecule has 1 aliphatic heterocycles. The Morgan fingerprint density at radius 2 is 2.03 bits per heavy atom. The Morgan fingerprint density at radius 3 is 2.79 bits per heavy atom. The lowest BCUT2D eigenvalue weighted by Crippen LogP contribution is -2.34. The second-order valence-electron chi connectivity index (χ2n) is 7.54. The zero-order chi connectivity index (χ0) is 20.1. The van der Waals surface area contributed by atoms with E-state index in [0.717, 1.165) is 47.6 Å². The van der Waals surface area contributed by atoms with Crippen molar-refractivity contribution in [2.45, 2.75) is 26.3 Å². The maximum Gasteiger partial charge on any atom is 0.171 e. The highest BCUT2D eigenvalue weighted by Gasteiger charge is 2.17. The van der Waals surface area contributed by atoms with Crippen LogP contribution >= 0.6 is 12.2 Å². The highest BCUT2D eigenvalue weighted by molar-refractivity contribution is 7.80. The Morgan fingerprint density at radius 1 is 1.17 bits per heavy atom. The SMILES string of the molecule is CC1CCCN(c2ccc(NC(=S)NCc3ccc(-c4ccccc4)o3)cn2)C1. The molecule has 1 unspecified atom stereocenters. The molecule has 1 fully saturated rings. The first-order chi connectivity index (χ1) is 14.2. The molecule has 0 saturated carbocycles. The maximum absolute atomic E-state index is 5.89. The predicted octanol–water partition coefficient (Wildman–Crippen LogP) is 5.06. The monoisotopic (exact) mass is 406 g/mol. The zero-order valence-corrected chi connectivity index (χ0v) is 17.4. The molecule has 2 aromatic heterocycles. The van der Waals surface area contributed by atoms with E-state index in [-0.39, 0.29) is 0 Å². The van der Waals surface area contributed by atoms with Crippen LogP contribution < -0.4 is 15.5 Å². The summed E-state index contributed by atoms with van der Waals surface area (Å²) in [6.45, 7) is 4.98. The summed E-state index contributed by atoms with van der Waals surface area (Å²) in [7, 11) is 0. The smallest absolute Gasteiger partial charge is 0.171 e. The summed E-state index contributed by atoms with van der Waals surface area (Å²) in [6.07, 6.45) is 4.37. The molecule has 0 bridgehead atoms. The second-order valence-corrected chi connectivity index (χ2v) is 7.95. The highest BCUT2D eigenvalue weighted by Crippen LogP contribution is 2.23. The second kappa shape index (κ2) is 9.09. The van der Waals surface area contributed by atoms with Crippen LogP contribution in [0.2, 0.25) is 0 Å². The molecule has 1 atom stereocenters. The van der Waals surface area contributed by atoms with Gasteiger partial charge in [0.15, 0.2) is 5.11 Å². The lowest BCUT2D eigenvalue weighted by molar-refractivity contribution is 0.444. The van der Waals surface area contributed by atoms with Crippen molar-refractivity contribution < 1.29 is 4.42 Å². The van der Waals surface area contributed by atoms with E-state index in [1.165, 1.54) is 12.8 Å². The average Bonchev–Trinajstić information content (AvgIpc) is 3.23. The number of piperidine rings is 1. The molecule has 29 heavy (non-hydrogen) atoms. The van der Waals surface area contributed by atoms with E-state index in [0.29, 0.717) is 11.7 Å². The van der Waals surface area contributed by atoms with E-state index < -0.39 is 0 Å². The minimum absolute atomic E-state index is 0.524. The molecule has 1 aliphatic rings. The molecule has 0 spiro atoms. The van der Waals surface area contributed by atoms with Gasteiger partial charge in [-0.2, -0.15) is 0 Å². The van der Waals surface area contributed by atoms with Crippen LogP contribution in [-0.2, 0) is 6.54 Å². The fourth-order valence-electron chi connectivity index (χ4n) is 3.62. The third-order valence-electron chi connectivity index (χ3n) is 5.13. The van der Waals surface area contributed by atoms with Gasteiger partial charge in [0.2, 0.25) is 0 Å². The van der Waals surface area contributed by atoms with Crippen molar-refractivity contribution >= 4 is 28.8 Å². The van der Waals surface area contributed by atoms with Crippen LogP contribution in [0.3, 0.4) is 0 Å². The quantitative estimate of drug-likeness (QED) is 0.578. The number of hydrogen-bond donors (Lipinski definition) is 2. The van der Waals surface area contributed by atoms with Gasteiger partial charge in [0.25, 0.3) is 0 Å². The van der Waals surface area contributed by atoms with Crippen molar-refractivity contribution in [1.29, 1.82) is 0 Å². The Labute approximate surface area is 177 Å². The van der Waals surface area contributed by atoms with Crippen molar-refractivity contribution in [2.24, 2.45) is 5.92 Å². The molecule has 3 aromatic rings. The maximum atomic E-state index is 5.89. The van der Waals surface area contributed by atoms with Crippen molar-refractivity contribution in [3.8, 4) is 11.3 Å². The fourth-order valence-corrected chi connectivity index (χ4v) is 3.81. The molecule has 5 nitrogen and oxygen atoms in total. The van der Waals surface area contributed by atoms with Crippen LogP contribution in [0.1, 0.15) is 25.5 Å². The van der Waals surface area contributed by atoms with Gasteiger partial charge in [0.1, 0.15) is 17.3 Å². The van der Waals surface area contributed by atoms with Crippen molar-refractivity contribution in [1.82, 2.24) is 10.3 Å². The summed E-state index contributed by atoms with van der Waals surface area (Å²) in [5.74, 6) is 3.45. The molecule has 150 valence electrons. The first kappa shape index (κ1) is 19.5. The summed E-state index contributed by atoms with van der Waals surface area (Å²) in [4.78, 5) is 6.96. The van der Waals surface area contributed by atoms with Gasteiger partial charge < -0.3 is 20.0 Å². The number of anilines is 2. The number of rotatable bonds is 5. The molecule has 3 heterocycles. The molecule has 0 radical (unpaired) electrons. The van der Waals surface area contributed by atoms with Gasteiger partial charge in [-0.15, -0.1) is 0 Å². The predicted molar refractivity (Wildman–Crippen MR) is 122 cm³/mol. The summed E-state index contributed by atoms with van der Waals surface area (Å²) < 4.78 is 5.89. The number of hydrogen-bond acceptors (Lipinski definition) is 4. The van der Waals surface area contributed by atoms with E-state index in [1.54, 1.807) is 0 Å². The van der Waals surface area contributed by atoms with Gasteiger partial charge in [0, 0.05) is 18.7 Å². The Bertz CT molecular complexity index is 939. The van der Waals surface area contributed by atoms with Crippen LogP contribution in [0.25, 0.3) is 11.3 Å². The van der Waals surface area contributed by atoms with E-state index in [1.807, 2.05) is 54.7 Å². The van der Waals surface area contributed by atoms with Crippen molar-refractivity contribution in [2.75, 3.05) is 23.3 Å². The van der Waals surface area contributed by atoms with Crippen LogP contribution in [0.4, 0.5) is 11.5 Å². The first-order valence-electron chi connectivity index (χ1n) is 10.1. The molecule has 0 amide bonds. The minimum Gasteiger partial charge on any atom is -0.459 e. The summed E-state index contributed by atoms with van der Waals surface area (Å²) in [6, 6.07) is 18.1. The highest BCUT2D eigenvalue weighted by atomic mass is 32.1. The topological polar surface area (TPSA) is 53.3 Å². The molecule has 0 aliphatic carbocycles. The summed E-state index contributed by atoms with van der Waals surface area (Å²) in [5.41, 5.74) is 1.94. The molecule has 6 heteroatoms. The minimum atomic E-state index is 0.524. The molecule has 1 aromatic carbocycles. The third-order valence-corrected chi connectivity index (χ3v) is 5.38. The standard InChI is InChI=1S/C23H26N4OS/c1-17-6-5-13-27(16-17)22-12-9-19(14-24-22)26-23(29)25-15-20-10-11-21(28-20)18-7-3-2-4-8-18/h2-4,7-12,14,17H,5-6,13,15-16H2,1H3,(H2,25,26,29). The van der Waals surface area contributed by atoms with Crippen LogP contribution in [0.5, 0.6) is 0 Å². The normalized spacial score (nSPS) is 16.4. The van der Waals surface area contributed by atoms with Crippen LogP contribution in [0.15, 0.2) is 65.2 Å². The molecular weight excluding hydrogens is 380 g/mol. The molecular formula is C23H26N4OS. The number of nitrogens with one attached hydrogen (secondary N) is 2. The number of thiocarbonyl (C=S) groups is 1. The van der Waals surface area contributed by atoms with E-state index >= 15 is 0 Å². The zero-order valence-electron chi connectivity index (χ0n) is 16.6. The van der Waals surface area contributed by atoms with Gasteiger partial charge >= 0.3 is 0 Å². The number of aromatic nitrogens is 1. The molecule has 2 N–H and O–H groups in total. The number of pyridine rings is 1. The molecule has 4 rings (SSSR count). The lowest BCUT2D eigenvalue weighted by atomic mass is 10.0. The first-order valence-corrected chi connectivity index (χ1v) is 10.5. The number of furan rings is 1. The Kier molecular flexibility index (Phi) is 6.10. The van der Waals surface area contributed by atoms with Gasteiger partial charge in [-0.25, -0.2) is 4.98 Å². The van der Waals surface area contributed by atoms with Crippen LogP contribution in [0, 0.1) is 5.92 Å². The van der Waals surface area contributed by atoms with Crippen LogP contribution in [-0.4, -0.2) is 23.2 Å². The number of nitrogens with zero attached hydrogens (tertiary/aromatic N) is 2. The Balaban J connectivity index is 1.28.